The molecule has 1 aliphatic rings. The number of anilines is 2. The van der Waals surface area contributed by atoms with Crippen LogP contribution in [0.2, 0.25) is 0 Å². The Balaban J connectivity index is 1.75. The van der Waals surface area contributed by atoms with Crippen LogP contribution in [0.5, 0.6) is 0 Å². The summed E-state index contributed by atoms with van der Waals surface area (Å²) in [5.41, 5.74) is 8.16. The van der Waals surface area contributed by atoms with Crippen molar-refractivity contribution >= 4 is 17.3 Å². The summed E-state index contributed by atoms with van der Waals surface area (Å²) >= 11 is 0. The van der Waals surface area contributed by atoms with Gasteiger partial charge in [0.2, 0.25) is 5.91 Å². The number of nitrogens with one attached hydrogen (secondary N) is 1. The fourth-order valence-electron chi connectivity index (χ4n) is 1.90. The Morgan fingerprint density at radius 1 is 1.50 bits per heavy atom. The number of carbonyl (C=O) groups is 1. The third-order valence-corrected chi connectivity index (χ3v) is 3.26. The summed E-state index contributed by atoms with van der Waals surface area (Å²) in [7, 11) is 0. The first-order valence-corrected chi connectivity index (χ1v) is 6.43. The van der Waals surface area contributed by atoms with Crippen LogP contribution in [-0.2, 0) is 9.53 Å². The molecule has 0 radical (unpaired) electrons. The van der Waals surface area contributed by atoms with Crippen LogP contribution in [0.4, 0.5) is 11.4 Å². The predicted octanol–water partition coefficient (Wildman–Crippen LogP) is 2.47. The SMILES string of the molecule is Cc1cc(N)ccc1NC(=O)CCOC1CCC1. The molecule has 1 aromatic rings. The number of aryl methyl sites for hydroxylation is 1. The van der Waals surface area contributed by atoms with E-state index in [9.17, 15) is 4.79 Å². The zero-order valence-electron chi connectivity index (χ0n) is 10.7. The molecule has 0 aliphatic heterocycles. The molecule has 0 spiro atoms. The summed E-state index contributed by atoms with van der Waals surface area (Å²) < 4.78 is 5.55. The Morgan fingerprint density at radius 2 is 2.28 bits per heavy atom. The highest BCUT2D eigenvalue weighted by atomic mass is 16.5. The first-order valence-electron chi connectivity index (χ1n) is 6.43. The molecule has 0 bridgehead atoms. The van der Waals surface area contributed by atoms with Gasteiger partial charge in [-0.3, -0.25) is 4.79 Å². The molecule has 98 valence electrons. The molecule has 0 saturated heterocycles. The van der Waals surface area contributed by atoms with Crippen molar-refractivity contribution in [2.24, 2.45) is 0 Å². The molecule has 1 saturated carbocycles. The molecule has 4 heteroatoms. The smallest absolute Gasteiger partial charge is 0.226 e. The molecule has 0 heterocycles. The third kappa shape index (κ3) is 3.47. The zero-order chi connectivity index (χ0) is 13.0. The first kappa shape index (κ1) is 12.9. The van der Waals surface area contributed by atoms with Gasteiger partial charge in [0, 0.05) is 11.4 Å². The summed E-state index contributed by atoms with van der Waals surface area (Å²) in [4.78, 5) is 11.7. The highest BCUT2D eigenvalue weighted by Crippen LogP contribution is 2.22. The molecular formula is C14H20N2O2. The van der Waals surface area contributed by atoms with Gasteiger partial charge in [-0.2, -0.15) is 0 Å². The van der Waals surface area contributed by atoms with Gasteiger partial charge in [0.05, 0.1) is 19.1 Å². The normalized spacial score (nSPS) is 15.2. The van der Waals surface area contributed by atoms with E-state index in [1.807, 2.05) is 19.1 Å². The topological polar surface area (TPSA) is 64.3 Å². The van der Waals surface area contributed by atoms with Gasteiger partial charge in [-0.15, -0.1) is 0 Å². The minimum absolute atomic E-state index is 0.0119. The average molecular weight is 248 g/mol. The van der Waals surface area contributed by atoms with Crippen molar-refractivity contribution in [2.75, 3.05) is 17.7 Å². The molecule has 2 rings (SSSR count). The maximum Gasteiger partial charge on any atom is 0.226 e. The Hall–Kier alpha value is -1.55. The van der Waals surface area contributed by atoms with Gasteiger partial charge in [0.15, 0.2) is 0 Å². The van der Waals surface area contributed by atoms with Gasteiger partial charge in [0.1, 0.15) is 0 Å². The minimum Gasteiger partial charge on any atom is -0.399 e. The lowest BCUT2D eigenvalue weighted by atomic mass is 9.96. The number of rotatable bonds is 5. The van der Waals surface area contributed by atoms with Gasteiger partial charge in [-0.25, -0.2) is 0 Å². The van der Waals surface area contributed by atoms with Crippen molar-refractivity contribution in [1.29, 1.82) is 0 Å². The molecule has 0 aromatic heterocycles. The Kier molecular flexibility index (Phi) is 4.20. The Bertz CT molecular complexity index is 428. The lowest BCUT2D eigenvalue weighted by Gasteiger charge is -2.25. The van der Waals surface area contributed by atoms with Crippen molar-refractivity contribution in [3.05, 3.63) is 23.8 Å². The second-order valence-electron chi connectivity index (χ2n) is 4.80. The summed E-state index contributed by atoms with van der Waals surface area (Å²) in [5.74, 6) is -0.0119. The molecule has 1 aliphatic carbocycles. The van der Waals surface area contributed by atoms with E-state index < -0.39 is 0 Å². The standard InChI is InChI=1S/C14H20N2O2/c1-10-9-11(15)5-6-13(10)16-14(17)7-8-18-12-3-2-4-12/h5-6,9,12H,2-4,7-8,15H2,1H3,(H,16,17). The summed E-state index contributed by atoms with van der Waals surface area (Å²) in [6, 6.07) is 5.46. The van der Waals surface area contributed by atoms with Crippen molar-refractivity contribution in [1.82, 2.24) is 0 Å². The fourth-order valence-corrected chi connectivity index (χ4v) is 1.90. The van der Waals surface area contributed by atoms with Crippen LogP contribution >= 0.6 is 0 Å². The zero-order valence-corrected chi connectivity index (χ0v) is 10.7. The minimum atomic E-state index is -0.0119. The quantitative estimate of drug-likeness (QED) is 0.787. The van der Waals surface area contributed by atoms with Crippen LogP contribution in [0.25, 0.3) is 0 Å². The molecule has 1 amide bonds. The van der Waals surface area contributed by atoms with E-state index in [-0.39, 0.29) is 5.91 Å². The number of amides is 1. The Morgan fingerprint density at radius 3 is 2.89 bits per heavy atom. The lowest BCUT2D eigenvalue weighted by molar-refractivity contribution is -0.118. The molecule has 1 fully saturated rings. The van der Waals surface area contributed by atoms with Crippen LogP contribution in [0.3, 0.4) is 0 Å². The monoisotopic (exact) mass is 248 g/mol. The molecule has 18 heavy (non-hydrogen) atoms. The largest absolute Gasteiger partial charge is 0.399 e. The van der Waals surface area contributed by atoms with Crippen molar-refractivity contribution in [2.45, 2.75) is 38.7 Å². The van der Waals surface area contributed by atoms with E-state index in [0.29, 0.717) is 24.8 Å². The number of nitrogen functional groups attached to an aromatic ring is 1. The highest BCUT2D eigenvalue weighted by molar-refractivity contribution is 5.91. The van der Waals surface area contributed by atoms with Crippen LogP contribution in [0.1, 0.15) is 31.2 Å². The molecule has 0 atom stereocenters. The van der Waals surface area contributed by atoms with Gasteiger partial charge in [0.25, 0.3) is 0 Å². The average Bonchev–Trinajstić information content (AvgIpc) is 2.26. The number of nitrogens with two attached hydrogens (primary N) is 1. The molecule has 1 aromatic carbocycles. The molecule has 0 unspecified atom stereocenters. The number of carbonyl (C=O) groups excluding carboxylic acids is 1. The van der Waals surface area contributed by atoms with Gasteiger partial charge in [-0.05, 0) is 49.9 Å². The Labute approximate surface area is 108 Å². The number of ether oxygens (including phenoxy) is 1. The molecule has 4 nitrogen and oxygen atoms in total. The number of benzene rings is 1. The summed E-state index contributed by atoms with van der Waals surface area (Å²) in [6.07, 6.45) is 4.31. The van der Waals surface area contributed by atoms with E-state index in [0.717, 1.165) is 24.1 Å². The predicted molar refractivity (Wildman–Crippen MR) is 72.4 cm³/mol. The highest BCUT2D eigenvalue weighted by Gasteiger charge is 2.17. The van der Waals surface area contributed by atoms with Gasteiger partial charge in [-0.1, -0.05) is 0 Å². The van der Waals surface area contributed by atoms with Crippen LogP contribution in [0, 0.1) is 6.92 Å². The van der Waals surface area contributed by atoms with Crippen LogP contribution < -0.4 is 11.1 Å². The van der Waals surface area contributed by atoms with E-state index in [2.05, 4.69) is 5.32 Å². The van der Waals surface area contributed by atoms with Gasteiger partial charge >= 0.3 is 0 Å². The van der Waals surface area contributed by atoms with Crippen molar-refractivity contribution in [3.63, 3.8) is 0 Å². The third-order valence-electron chi connectivity index (χ3n) is 3.26. The van der Waals surface area contributed by atoms with Gasteiger partial charge < -0.3 is 15.8 Å². The van der Waals surface area contributed by atoms with E-state index in [1.54, 1.807) is 6.07 Å². The van der Waals surface area contributed by atoms with Crippen molar-refractivity contribution in [3.8, 4) is 0 Å². The summed E-state index contributed by atoms with van der Waals surface area (Å²) in [5, 5.41) is 2.87. The van der Waals surface area contributed by atoms with Crippen molar-refractivity contribution < 1.29 is 9.53 Å². The molecular weight excluding hydrogens is 228 g/mol. The van der Waals surface area contributed by atoms with Crippen LogP contribution in [-0.4, -0.2) is 18.6 Å². The lowest BCUT2D eigenvalue weighted by Crippen LogP contribution is -2.24. The maximum absolute atomic E-state index is 11.7. The fraction of sp³-hybridized carbons (Fsp3) is 0.500. The van der Waals surface area contributed by atoms with E-state index >= 15 is 0 Å². The number of hydrogen-bond acceptors (Lipinski definition) is 3. The second kappa shape index (κ2) is 5.87. The molecule has 3 N–H and O–H groups in total. The maximum atomic E-state index is 11.7. The van der Waals surface area contributed by atoms with E-state index in [1.165, 1.54) is 6.42 Å². The van der Waals surface area contributed by atoms with E-state index in [4.69, 9.17) is 10.5 Å². The second-order valence-corrected chi connectivity index (χ2v) is 4.80. The summed E-state index contributed by atoms with van der Waals surface area (Å²) in [6.45, 7) is 2.43. The number of hydrogen-bond donors (Lipinski definition) is 2. The van der Waals surface area contributed by atoms with Crippen LogP contribution in [0.15, 0.2) is 18.2 Å². The first-order chi connectivity index (χ1) is 8.65.